The van der Waals surface area contributed by atoms with E-state index in [4.69, 9.17) is 16.6 Å². The van der Waals surface area contributed by atoms with Crippen molar-refractivity contribution in [2.24, 2.45) is 4.99 Å². The van der Waals surface area contributed by atoms with Crippen molar-refractivity contribution in [2.45, 2.75) is 18.9 Å². The maximum atomic E-state index is 13.8. The van der Waals surface area contributed by atoms with Crippen molar-refractivity contribution < 1.29 is 0 Å². The lowest BCUT2D eigenvalue weighted by molar-refractivity contribution is 0.585. The number of rotatable bonds is 3. The van der Waals surface area contributed by atoms with Gasteiger partial charge in [-0.15, -0.1) is 0 Å². The predicted octanol–water partition coefficient (Wildman–Crippen LogP) is 5.04. The first-order valence-electron chi connectivity index (χ1n) is 11.7. The van der Waals surface area contributed by atoms with Gasteiger partial charge in [-0.25, -0.2) is 4.99 Å². The smallest absolute Gasteiger partial charge is 0.271 e. The van der Waals surface area contributed by atoms with Gasteiger partial charge in [-0.2, -0.15) is 0 Å². The van der Waals surface area contributed by atoms with Crippen molar-refractivity contribution in [1.29, 1.82) is 0 Å². The Labute approximate surface area is 212 Å². The van der Waals surface area contributed by atoms with E-state index in [0.29, 0.717) is 14.4 Å². The Morgan fingerprint density at radius 2 is 1.74 bits per heavy atom. The molecule has 6 heteroatoms. The molecule has 0 saturated carbocycles. The summed E-state index contributed by atoms with van der Waals surface area (Å²) < 4.78 is 2.52. The Balaban J connectivity index is 1.59. The molecule has 174 valence electrons. The summed E-state index contributed by atoms with van der Waals surface area (Å²) in [6.45, 7) is 0. The Morgan fingerprint density at radius 3 is 2.51 bits per heavy atom. The Kier molecular flexibility index (Phi) is 5.47. The molecule has 0 bridgehead atoms. The van der Waals surface area contributed by atoms with E-state index in [2.05, 4.69) is 41.3 Å². The number of allylic oxidation sites excluding steroid dienone is 1. The molecule has 0 amide bonds. The summed E-state index contributed by atoms with van der Waals surface area (Å²) in [6.07, 6.45) is 3.74. The van der Waals surface area contributed by atoms with Gasteiger partial charge in [-0.1, -0.05) is 77.5 Å². The molecule has 1 atom stereocenters. The number of hydrogen-bond donors (Lipinski definition) is 0. The topological polar surface area (TPSA) is 37.6 Å². The van der Waals surface area contributed by atoms with Gasteiger partial charge in [0.2, 0.25) is 0 Å². The second-order valence-corrected chi connectivity index (χ2v) is 10.5. The Morgan fingerprint density at radius 1 is 1.00 bits per heavy atom. The van der Waals surface area contributed by atoms with E-state index in [9.17, 15) is 4.79 Å². The number of thiazole rings is 1. The van der Waals surface area contributed by atoms with Gasteiger partial charge < -0.3 is 4.90 Å². The second kappa shape index (κ2) is 8.67. The third-order valence-corrected chi connectivity index (χ3v) is 8.11. The fraction of sp³-hybridized carbons (Fsp3) is 0.172. The average molecular weight is 498 g/mol. The fourth-order valence-corrected chi connectivity index (χ4v) is 6.26. The van der Waals surface area contributed by atoms with Gasteiger partial charge in [0.25, 0.3) is 5.56 Å². The molecule has 2 heterocycles. The molecule has 0 spiro atoms. The molecule has 0 unspecified atom stereocenters. The minimum absolute atomic E-state index is 0.0271. The lowest BCUT2D eigenvalue weighted by atomic mass is 9.83. The molecule has 0 fully saturated rings. The van der Waals surface area contributed by atoms with E-state index < -0.39 is 0 Å². The highest BCUT2D eigenvalue weighted by molar-refractivity contribution is 7.07. The summed E-state index contributed by atoms with van der Waals surface area (Å²) >= 11 is 8.15. The van der Waals surface area contributed by atoms with Crippen LogP contribution in [0.25, 0.3) is 11.8 Å². The molecule has 2 aliphatic rings. The number of hydrogen-bond acceptors (Lipinski definition) is 4. The van der Waals surface area contributed by atoms with Crippen molar-refractivity contribution in [2.75, 3.05) is 19.0 Å². The number of aryl methyl sites for hydroxylation is 1. The van der Waals surface area contributed by atoms with Gasteiger partial charge in [0, 0.05) is 30.4 Å². The Bertz CT molecular complexity index is 1660. The molecule has 4 nitrogen and oxygen atoms in total. The van der Waals surface area contributed by atoms with Crippen molar-refractivity contribution in [1.82, 2.24) is 4.57 Å². The van der Waals surface area contributed by atoms with Gasteiger partial charge in [-0.3, -0.25) is 9.36 Å². The third kappa shape index (κ3) is 3.76. The summed E-state index contributed by atoms with van der Waals surface area (Å²) in [5, 5.41) is 0.666. The van der Waals surface area contributed by atoms with E-state index in [-0.39, 0.29) is 11.6 Å². The van der Waals surface area contributed by atoms with Crippen LogP contribution in [0, 0.1) is 0 Å². The van der Waals surface area contributed by atoms with Gasteiger partial charge in [0.05, 0.1) is 16.3 Å². The van der Waals surface area contributed by atoms with E-state index in [1.54, 1.807) is 0 Å². The molecule has 6 rings (SSSR count). The van der Waals surface area contributed by atoms with Crippen LogP contribution in [0.3, 0.4) is 0 Å². The zero-order valence-corrected chi connectivity index (χ0v) is 21.1. The van der Waals surface area contributed by atoms with Crippen LogP contribution in [-0.2, 0) is 6.42 Å². The Hall–Kier alpha value is -3.41. The highest BCUT2D eigenvalue weighted by Crippen LogP contribution is 2.42. The standard InChI is InChI=1S/C29H24ClN3OS/c1-32(2)20-14-11-18(12-15-20)17-25-28(34)33-27(22-9-5-6-10-24(22)30)23-16-13-19-7-3-4-8-21(19)26(23)31-29(33)35-25/h3-12,14-15,17,27H,13,16H2,1-2H3/t27-/m1/s1. The molecule has 1 aliphatic carbocycles. The first kappa shape index (κ1) is 22.1. The van der Waals surface area contributed by atoms with Crippen molar-refractivity contribution in [3.63, 3.8) is 0 Å². The van der Waals surface area contributed by atoms with Crippen molar-refractivity contribution in [3.8, 4) is 0 Å². The van der Waals surface area contributed by atoms with Crippen LogP contribution in [0.1, 0.15) is 34.7 Å². The summed E-state index contributed by atoms with van der Waals surface area (Å²) in [5.74, 6) is 0. The molecule has 1 aromatic heterocycles. The van der Waals surface area contributed by atoms with Crippen LogP contribution in [0.15, 0.2) is 88.2 Å². The van der Waals surface area contributed by atoms with Crippen molar-refractivity contribution in [3.05, 3.63) is 125 Å². The molecule has 1 aliphatic heterocycles. The van der Waals surface area contributed by atoms with Gasteiger partial charge >= 0.3 is 0 Å². The maximum absolute atomic E-state index is 13.8. The monoisotopic (exact) mass is 497 g/mol. The average Bonchev–Trinajstić information content (AvgIpc) is 3.18. The summed E-state index contributed by atoms with van der Waals surface area (Å²) in [7, 11) is 4.03. The first-order valence-corrected chi connectivity index (χ1v) is 12.9. The van der Waals surface area contributed by atoms with Crippen molar-refractivity contribution >= 4 is 40.4 Å². The van der Waals surface area contributed by atoms with E-state index >= 15 is 0 Å². The van der Waals surface area contributed by atoms with Crippen LogP contribution in [0.5, 0.6) is 0 Å². The van der Waals surface area contributed by atoms with Crippen LogP contribution in [-0.4, -0.2) is 18.7 Å². The van der Waals surface area contributed by atoms with Crippen LogP contribution >= 0.6 is 22.9 Å². The lowest BCUT2D eigenvalue weighted by Gasteiger charge is -2.31. The summed E-state index contributed by atoms with van der Waals surface area (Å²) in [4.78, 5) is 21.7. The van der Waals surface area contributed by atoms with Crippen LogP contribution < -0.4 is 19.8 Å². The number of aromatic nitrogens is 1. The second-order valence-electron chi connectivity index (χ2n) is 9.12. The summed E-state index contributed by atoms with van der Waals surface area (Å²) in [6, 6.07) is 24.2. The third-order valence-electron chi connectivity index (χ3n) is 6.78. The minimum Gasteiger partial charge on any atom is -0.378 e. The number of anilines is 1. The number of nitrogens with zero attached hydrogens (tertiary/aromatic N) is 3. The minimum atomic E-state index is -0.262. The first-order chi connectivity index (χ1) is 17.0. The number of fused-ring (bicyclic) bond motifs is 3. The molecule has 35 heavy (non-hydrogen) atoms. The highest BCUT2D eigenvalue weighted by Gasteiger charge is 2.33. The van der Waals surface area contributed by atoms with Crippen LogP contribution in [0.2, 0.25) is 5.02 Å². The summed E-state index contributed by atoms with van der Waals surface area (Å²) in [5.41, 5.74) is 7.62. The van der Waals surface area contributed by atoms with E-state index in [0.717, 1.165) is 46.5 Å². The molecule has 0 N–H and O–H groups in total. The predicted molar refractivity (Wildman–Crippen MR) is 145 cm³/mol. The SMILES string of the molecule is CN(C)c1ccc(C=c2sc3n(c2=O)[C@H](c2ccccc2Cl)C2=C(N=3)c3ccccc3CC2)cc1. The maximum Gasteiger partial charge on any atom is 0.271 e. The highest BCUT2D eigenvalue weighted by atomic mass is 35.5. The molecule has 3 aromatic carbocycles. The van der Waals surface area contributed by atoms with E-state index in [1.165, 1.54) is 16.9 Å². The van der Waals surface area contributed by atoms with Gasteiger partial charge in [0.1, 0.15) is 0 Å². The fourth-order valence-electron chi connectivity index (χ4n) is 5.02. The number of benzene rings is 3. The molecule has 4 aromatic rings. The van der Waals surface area contributed by atoms with E-state index in [1.807, 2.05) is 61.1 Å². The van der Waals surface area contributed by atoms with Crippen LogP contribution in [0.4, 0.5) is 5.69 Å². The molecular formula is C29H24ClN3OS. The van der Waals surface area contributed by atoms with Gasteiger partial charge in [0.15, 0.2) is 4.80 Å². The molecule has 0 saturated heterocycles. The molecular weight excluding hydrogens is 474 g/mol. The largest absolute Gasteiger partial charge is 0.378 e. The number of halogens is 1. The van der Waals surface area contributed by atoms with Gasteiger partial charge in [-0.05, 0) is 59.4 Å². The molecule has 0 radical (unpaired) electrons. The zero-order chi connectivity index (χ0) is 24.1. The normalized spacial score (nSPS) is 16.9. The zero-order valence-electron chi connectivity index (χ0n) is 19.5. The quantitative estimate of drug-likeness (QED) is 0.398. The lowest BCUT2D eigenvalue weighted by Crippen LogP contribution is -2.38.